The number of anilines is 2. The first-order valence-electron chi connectivity index (χ1n) is 8.04. The number of nitrogens with one attached hydrogen (secondary N) is 2. The minimum Gasteiger partial charge on any atom is -0.494 e. The van der Waals surface area contributed by atoms with Crippen LogP contribution in [0.4, 0.5) is 16.2 Å². The highest BCUT2D eigenvalue weighted by molar-refractivity contribution is 7.09. The third-order valence-corrected chi connectivity index (χ3v) is 4.09. The second kappa shape index (κ2) is 7.74. The van der Waals surface area contributed by atoms with Crippen molar-refractivity contribution in [3.8, 4) is 5.75 Å². The molecule has 0 aliphatic rings. The number of thiazole rings is 1. The number of carbonyl (C=O) groups is 1. The Morgan fingerprint density at radius 3 is 2.60 bits per heavy atom. The molecule has 7 heteroatoms. The molecule has 0 bridgehead atoms. The number of nitrogens with zero attached hydrogens (tertiary/aromatic N) is 1. The normalized spacial score (nSPS) is 12.4. The van der Waals surface area contributed by atoms with Gasteiger partial charge in [0.2, 0.25) is 0 Å². The molecule has 1 amide bonds. The van der Waals surface area contributed by atoms with E-state index >= 15 is 0 Å². The molecule has 0 saturated heterocycles. The minimum absolute atomic E-state index is 0.0688. The fourth-order valence-electron chi connectivity index (χ4n) is 2.20. The number of benzene rings is 1. The standard InChI is InChI=1S/C18H25N3O3S/c1-11(15-10-25-12(2)20-15)19-13-7-8-14(16(9-13)23-6)21-17(22)24-18(3,4)5/h7-11,19H,1-6H3,(H,21,22). The predicted octanol–water partition coefficient (Wildman–Crippen LogP) is 4.98. The van der Waals surface area contributed by atoms with Gasteiger partial charge in [-0.15, -0.1) is 11.3 Å². The van der Waals surface area contributed by atoms with Crippen molar-refractivity contribution in [2.75, 3.05) is 17.7 Å². The molecule has 25 heavy (non-hydrogen) atoms. The van der Waals surface area contributed by atoms with Crippen molar-refractivity contribution in [2.45, 2.75) is 46.3 Å². The summed E-state index contributed by atoms with van der Waals surface area (Å²) in [4.78, 5) is 16.4. The monoisotopic (exact) mass is 363 g/mol. The number of aryl methyl sites for hydroxylation is 1. The summed E-state index contributed by atoms with van der Waals surface area (Å²) in [5.74, 6) is 0.553. The molecule has 1 aromatic heterocycles. The highest BCUT2D eigenvalue weighted by atomic mass is 32.1. The molecule has 1 atom stereocenters. The fraction of sp³-hybridized carbons (Fsp3) is 0.444. The van der Waals surface area contributed by atoms with Gasteiger partial charge in [-0.2, -0.15) is 0 Å². The second-order valence-corrected chi connectivity index (χ2v) is 7.76. The van der Waals surface area contributed by atoms with Gasteiger partial charge in [-0.25, -0.2) is 9.78 Å². The van der Waals surface area contributed by atoms with Gasteiger partial charge >= 0.3 is 6.09 Å². The summed E-state index contributed by atoms with van der Waals surface area (Å²) in [6.45, 7) is 9.49. The van der Waals surface area contributed by atoms with Crippen LogP contribution in [0.15, 0.2) is 23.6 Å². The average molecular weight is 363 g/mol. The molecule has 6 nitrogen and oxygen atoms in total. The molecule has 0 saturated carbocycles. The first kappa shape index (κ1) is 19.1. The third-order valence-electron chi connectivity index (χ3n) is 3.30. The van der Waals surface area contributed by atoms with E-state index in [0.717, 1.165) is 16.4 Å². The third kappa shape index (κ3) is 5.63. The lowest BCUT2D eigenvalue weighted by Crippen LogP contribution is -2.27. The summed E-state index contributed by atoms with van der Waals surface area (Å²) in [5, 5.41) is 9.18. The van der Waals surface area contributed by atoms with E-state index in [1.54, 1.807) is 24.5 Å². The topological polar surface area (TPSA) is 72.5 Å². The highest BCUT2D eigenvalue weighted by Crippen LogP contribution is 2.30. The Morgan fingerprint density at radius 2 is 2.04 bits per heavy atom. The van der Waals surface area contributed by atoms with Crippen molar-refractivity contribution in [3.05, 3.63) is 34.3 Å². The molecule has 1 unspecified atom stereocenters. The van der Waals surface area contributed by atoms with Crippen LogP contribution in [0, 0.1) is 6.92 Å². The molecule has 0 aliphatic heterocycles. The van der Waals surface area contributed by atoms with Gasteiger partial charge < -0.3 is 14.8 Å². The van der Waals surface area contributed by atoms with E-state index in [1.807, 2.05) is 52.1 Å². The van der Waals surface area contributed by atoms with Gasteiger partial charge in [0.25, 0.3) is 0 Å². The van der Waals surface area contributed by atoms with E-state index in [4.69, 9.17) is 9.47 Å². The summed E-state index contributed by atoms with van der Waals surface area (Å²) in [6, 6.07) is 5.57. The van der Waals surface area contributed by atoms with Gasteiger partial charge in [0.05, 0.1) is 29.5 Å². The van der Waals surface area contributed by atoms with Crippen LogP contribution in [0.25, 0.3) is 0 Å². The number of hydrogen-bond acceptors (Lipinski definition) is 6. The largest absolute Gasteiger partial charge is 0.494 e. The van der Waals surface area contributed by atoms with Crippen LogP contribution in [-0.4, -0.2) is 23.8 Å². The van der Waals surface area contributed by atoms with Crippen molar-refractivity contribution in [3.63, 3.8) is 0 Å². The van der Waals surface area contributed by atoms with E-state index in [0.29, 0.717) is 11.4 Å². The maximum atomic E-state index is 11.9. The highest BCUT2D eigenvalue weighted by Gasteiger charge is 2.18. The summed E-state index contributed by atoms with van der Waals surface area (Å²) < 4.78 is 10.7. The Labute approximate surface area is 152 Å². The number of aromatic nitrogens is 1. The Kier molecular flexibility index (Phi) is 5.89. The molecule has 0 fully saturated rings. The Balaban J connectivity index is 2.09. The number of hydrogen-bond donors (Lipinski definition) is 2. The Morgan fingerprint density at radius 1 is 1.32 bits per heavy atom. The number of carbonyl (C=O) groups excluding carboxylic acids is 1. The molecular weight excluding hydrogens is 338 g/mol. The first-order valence-corrected chi connectivity index (χ1v) is 8.92. The van der Waals surface area contributed by atoms with E-state index < -0.39 is 11.7 Å². The first-order chi connectivity index (χ1) is 11.7. The second-order valence-electron chi connectivity index (χ2n) is 6.70. The van der Waals surface area contributed by atoms with Gasteiger partial charge in [0.1, 0.15) is 11.4 Å². The van der Waals surface area contributed by atoms with Gasteiger partial charge in [-0.05, 0) is 46.8 Å². The lowest BCUT2D eigenvalue weighted by molar-refractivity contribution is 0.0635. The summed E-state index contributed by atoms with van der Waals surface area (Å²) in [5.41, 5.74) is 1.88. The fourth-order valence-corrected chi connectivity index (χ4v) is 2.91. The van der Waals surface area contributed by atoms with E-state index in [1.165, 1.54) is 0 Å². The lowest BCUT2D eigenvalue weighted by Gasteiger charge is -2.21. The van der Waals surface area contributed by atoms with Crippen LogP contribution < -0.4 is 15.4 Å². The maximum absolute atomic E-state index is 11.9. The Hall–Kier alpha value is -2.28. The maximum Gasteiger partial charge on any atom is 0.412 e. The zero-order chi connectivity index (χ0) is 18.6. The molecule has 2 aromatic rings. The van der Waals surface area contributed by atoms with Crippen molar-refractivity contribution in [1.29, 1.82) is 0 Å². The molecule has 2 N–H and O–H groups in total. The quantitative estimate of drug-likeness (QED) is 0.784. The number of rotatable bonds is 5. The van der Waals surface area contributed by atoms with Crippen LogP contribution in [0.3, 0.4) is 0 Å². The number of ether oxygens (including phenoxy) is 2. The smallest absolute Gasteiger partial charge is 0.412 e. The molecule has 0 spiro atoms. The lowest BCUT2D eigenvalue weighted by atomic mass is 10.2. The molecule has 0 aliphatic carbocycles. The van der Waals surface area contributed by atoms with Crippen molar-refractivity contribution in [2.24, 2.45) is 0 Å². The van der Waals surface area contributed by atoms with E-state index in [-0.39, 0.29) is 6.04 Å². The van der Waals surface area contributed by atoms with Crippen molar-refractivity contribution in [1.82, 2.24) is 4.98 Å². The molecular formula is C18H25N3O3S. The summed E-state index contributed by atoms with van der Waals surface area (Å²) >= 11 is 1.63. The number of methoxy groups -OCH3 is 1. The molecule has 136 valence electrons. The van der Waals surface area contributed by atoms with Gasteiger partial charge in [0, 0.05) is 17.1 Å². The molecule has 1 aromatic carbocycles. The van der Waals surface area contributed by atoms with Crippen LogP contribution in [0.2, 0.25) is 0 Å². The van der Waals surface area contributed by atoms with Crippen LogP contribution >= 0.6 is 11.3 Å². The minimum atomic E-state index is -0.556. The van der Waals surface area contributed by atoms with E-state index in [2.05, 4.69) is 15.6 Å². The number of amides is 1. The average Bonchev–Trinajstić information content (AvgIpc) is 2.93. The van der Waals surface area contributed by atoms with Gasteiger partial charge in [0.15, 0.2) is 0 Å². The van der Waals surface area contributed by atoms with Crippen LogP contribution in [0.5, 0.6) is 5.75 Å². The van der Waals surface area contributed by atoms with Crippen molar-refractivity contribution >= 4 is 28.8 Å². The van der Waals surface area contributed by atoms with Gasteiger partial charge in [-0.1, -0.05) is 0 Å². The zero-order valence-electron chi connectivity index (χ0n) is 15.5. The van der Waals surface area contributed by atoms with Crippen LogP contribution in [-0.2, 0) is 4.74 Å². The summed E-state index contributed by atoms with van der Waals surface area (Å²) in [6.07, 6.45) is -0.516. The SMILES string of the molecule is COc1cc(NC(C)c2csc(C)n2)ccc1NC(=O)OC(C)(C)C. The summed E-state index contributed by atoms with van der Waals surface area (Å²) in [7, 11) is 1.56. The van der Waals surface area contributed by atoms with E-state index in [9.17, 15) is 4.79 Å². The van der Waals surface area contributed by atoms with Crippen molar-refractivity contribution < 1.29 is 14.3 Å². The zero-order valence-corrected chi connectivity index (χ0v) is 16.3. The molecule has 0 radical (unpaired) electrons. The van der Waals surface area contributed by atoms with Gasteiger partial charge in [-0.3, -0.25) is 5.32 Å². The predicted molar refractivity (Wildman–Crippen MR) is 102 cm³/mol. The van der Waals surface area contributed by atoms with Crippen LogP contribution in [0.1, 0.15) is 44.4 Å². The molecule has 1 heterocycles. The Bertz CT molecular complexity index is 737. The molecule has 2 rings (SSSR count).